The molecule has 0 aliphatic carbocycles. The van der Waals surface area contributed by atoms with E-state index in [1.807, 2.05) is 0 Å². The van der Waals surface area contributed by atoms with Gasteiger partial charge in [-0.2, -0.15) is 0 Å². The second-order valence-electron chi connectivity index (χ2n) is 6.98. The number of nitrogens with zero attached hydrogens (tertiary/aromatic N) is 2. The molecule has 178 valence electrons. The molecule has 0 radical (unpaired) electrons. The number of rotatable bonds is 7. The SMILES string of the molecule is COC(=O)c1ccc(CN2C(=O)NC(=Cc3cc([N+](=O)[O-])ccc3OC(=O)c3ccco3)C2=O)o1. The van der Waals surface area contributed by atoms with Gasteiger partial charge in [0, 0.05) is 17.7 Å². The summed E-state index contributed by atoms with van der Waals surface area (Å²) >= 11 is 0. The fraction of sp³-hybridized carbons (Fsp3) is 0.0909. The van der Waals surface area contributed by atoms with Crippen molar-refractivity contribution in [2.24, 2.45) is 0 Å². The van der Waals surface area contributed by atoms with Crippen molar-refractivity contribution in [2.75, 3.05) is 7.11 Å². The molecule has 2 aromatic heterocycles. The number of ether oxygens (including phenoxy) is 2. The smallest absolute Gasteiger partial charge is 0.379 e. The molecule has 0 spiro atoms. The first-order valence-corrected chi connectivity index (χ1v) is 9.82. The summed E-state index contributed by atoms with van der Waals surface area (Å²) in [6, 6.07) is 8.16. The number of carbonyl (C=O) groups excluding carboxylic acids is 4. The quantitative estimate of drug-likeness (QED) is 0.132. The van der Waals surface area contributed by atoms with Crippen LogP contribution in [-0.2, 0) is 16.1 Å². The van der Waals surface area contributed by atoms with Gasteiger partial charge in [-0.15, -0.1) is 0 Å². The largest absolute Gasteiger partial charge is 0.463 e. The third kappa shape index (κ3) is 4.78. The summed E-state index contributed by atoms with van der Waals surface area (Å²) in [7, 11) is 1.17. The summed E-state index contributed by atoms with van der Waals surface area (Å²) in [6.45, 7) is -0.297. The molecular formula is C22H15N3O10. The van der Waals surface area contributed by atoms with Crippen molar-refractivity contribution in [1.29, 1.82) is 0 Å². The van der Waals surface area contributed by atoms with Gasteiger partial charge in [0.1, 0.15) is 17.2 Å². The van der Waals surface area contributed by atoms with E-state index in [0.29, 0.717) is 0 Å². The maximum atomic E-state index is 12.8. The fourth-order valence-corrected chi connectivity index (χ4v) is 3.10. The van der Waals surface area contributed by atoms with Gasteiger partial charge in [-0.3, -0.25) is 19.8 Å². The Labute approximate surface area is 195 Å². The molecule has 1 aliphatic rings. The van der Waals surface area contributed by atoms with Gasteiger partial charge < -0.3 is 23.6 Å². The third-order valence-corrected chi connectivity index (χ3v) is 4.75. The van der Waals surface area contributed by atoms with Crippen LogP contribution in [0.5, 0.6) is 5.75 Å². The van der Waals surface area contributed by atoms with Crippen molar-refractivity contribution in [2.45, 2.75) is 6.54 Å². The second-order valence-corrected chi connectivity index (χ2v) is 6.98. The highest BCUT2D eigenvalue weighted by Crippen LogP contribution is 2.28. The van der Waals surface area contributed by atoms with Gasteiger partial charge in [-0.05, 0) is 36.4 Å². The Morgan fingerprint density at radius 2 is 1.94 bits per heavy atom. The number of hydrogen-bond acceptors (Lipinski definition) is 10. The molecule has 0 bridgehead atoms. The van der Waals surface area contributed by atoms with Gasteiger partial charge in [0.05, 0.1) is 24.8 Å². The van der Waals surface area contributed by atoms with Crippen LogP contribution in [0.15, 0.2) is 63.3 Å². The van der Waals surface area contributed by atoms with Gasteiger partial charge in [0.2, 0.25) is 11.5 Å². The Kier molecular flexibility index (Phi) is 6.14. The molecule has 0 saturated carbocycles. The van der Waals surface area contributed by atoms with E-state index in [9.17, 15) is 29.3 Å². The molecule has 4 rings (SSSR count). The summed E-state index contributed by atoms with van der Waals surface area (Å²) in [5, 5.41) is 13.6. The van der Waals surface area contributed by atoms with E-state index in [-0.39, 0.29) is 46.5 Å². The van der Waals surface area contributed by atoms with Crippen LogP contribution in [0.3, 0.4) is 0 Å². The number of urea groups is 1. The number of non-ortho nitro benzene ring substituents is 1. The molecule has 3 heterocycles. The number of nitrogens with one attached hydrogen (secondary N) is 1. The number of furan rings is 2. The predicted octanol–water partition coefficient (Wildman–Crippen LogP) is 2.88. The van der Waals surface area contributed by atoms with Crippen LogP contribution in [0.25, 0.3) is 6.08 Å². The standard InChI is InChI=1S/C22H15N3O10/c1-32-20(27)18-7-5-14(34-18)11-24-19(26)15(23-22(24)29)10-12-9-13(25(30)31)4-6-16(12)35-21(28)17-3-2-8-33-17/h2-10H,11H2,1H3,(H,23,29). The maximum absolute atomic E-state index is 12.8. The lowest BCUT2D eigenvalue weighted by Gasteiger charge is -2.09. The van der Waals surface area contributed by atoms with Crippen molar-refractivity contribution >= 4 is 35.6 Å². The average molecular weight is 481 g/mol. The fourth-order valence-electron chi connectivity index (χ4n) is 3.10. The molecule has 0 atom stereocenters. The van der Waals surface area contributed by atoms with Crippen LogP contribution in [-0.4, -0.2) is 40.8 Å². The molecule has 1 aliphatic heterocycles. The first-order chi connectivity index (χ1) is 16.8. The lowest BCUT2D eigenvalue weighted by Crippen LogP contribution is -2.30. The number of nitro benzene ring substituents is 1. The Morgan fingerprint density at radius 1 is 1.14 bits per heavy atom. The summed E-state index contributed by atoms with van der Waals surface area (Å²) in [4.78, 5) is 60.4. The van der Waals surface area contributed by atoms with Crippen LogP contribution < -0.4 is 10.1 Å². The van der Waals surface area contributed by atoms with Crippen LogP contribution in [0.4, 0.5) is 10.5 Å². The Hall–Kier alpha value is -5.20. The van der Waals surface area contributed by atoms with Gasteiger partial charge in [-0.1, -0.05) is 0 Å². The minimum Gasteiger partial charge on any atom is -0.463 e. The molecule has 1 N–H and O–H groups in total. The van der Waals surface area contributed by atoms with Gasteiger partial charge in [0.25, 0.3) is 11.6 Å². The van der Waals surface area contributed by atoms with E-state index in [0.717, 1.165) is 23.1 Å². The highest BCUT2D eigenvalue weighted by molar-refractivity contribution is 6.14. The molecule has 13 heteroatoms. The molecule has 1 aromatic carbocycles. The molecule has 3 amide bonds. The summed E-state index contributed by atoms with van der Waals surface area (Å²) in [5.41, 5.74) is -0.588. The van der Waals surface area contributed by atoms with Crippen molar-refractivity contribution in [3.8, 4) is 5.75 Å². The molecule has 3 aromatic rings. The number of carbonyl (C=O) groups is 4. The number of nitro groups is 1. The van der Waals surface area contributed by atoms with E-state index in [4.69, 9.17) is 13.6 Å². The number of methoxy groups -OCH3 is 1. The highest BCUT2D eigenvalue weighted by atomic mass is 16.6. The molecule has 35 heavy (non-hydrogen) atoms. The predicted molar refractivity (Wildman–Crippen MR) is 114 cm³/mol. The highest BCUT2D eigenvalue weighted by Gasteiger charge is 2.35. The minimum absolute atomic E-state index is 0.0180. The lowest BCUT2D eigenvalue weighted by molar-refractivity contribution is -0.384. The summed E-state index contributed by atoms with van der Waals surface area (Å²) in [5.74, 6) is -2.56. The van der Waals surface area contributed by atoms with E-state index in [1.54, 1.807) is 0 Å². The van der Waals surface area contributed by atoms with Crippen LogP contribution >= 0.6 is 0 Å². The zero-order chi connectivity index (χ0) is 25.1. The Balaban J connectivity index is 1.61. The third-order valence-electron chi connectivity index (χ3n) is 4.75. The van der Waals surface area contributed by atoms with E-state index in [1.165, 1.54) is 43.7 Å². The number of hydrogen-bond donors (Lipinski definition) is 1. The van der Waals surface area contributed by atoms with E-state index >= 15 is 0 Å². The molecule has 1 saturated heterocycles. The lowest BCUT2D eigenvalue weighted by atomic mass is 10.1. The van der Waals surface area contributed by atoms with Crippen LogP contribution in [0.1, 0.15) is 32.4 Å². The van der Waals surface area contributed by atoms with Crippen molar-refractivity contribution in [3.63, 3.8) is 0 Å². The molecule has 13 nitrogen and oxygen atoms in total. The average Bonchev–Trinajstić information content (AvgIpc) is 3.58. The normalized spacial score (nSPS) is 14.2. The van der Waals surface area contributed by atoms with E-state index < -0.39 is 28.8 Å². The number of imide groups is 1. The minimum atomic E-state index is -0.869. The zero-order valence-corrected chi connectivity index (χ0v) is 17.9. The Morgan fingerprint density at radius 3 is 2.63 bits per heavy atom. The van der Waals surface area contributed by atoms with Gasteiger partial charge in [0.15, 0.2) is 0 Å². The number of benzene rings is 1. The first-order valence-electron chi connectivity index (χ1n) is 9.82. The van der Waals surface area contributed by atoms with Crippen LogP contribution in [0, 0.1) is 10.1 Å². The summed E-state index contributed by atoms with van der Waals surface area (Å²) in [6.07, 6.45) is 2.41. The number of amides is 3. The van der Waals surface area contributed by atoms with Crippen molar-refractivity contribution in [3.05, 3.63) is 87.4 Å². The monoisotopic (exact) mass is 481 g/mol. The molecular weight excluding hydrogens is 466 g/mol. The van der Waals surface area contributed by atoms with Crippen LogP contribution in [0.2, 0.25) is 0 Å². The van der Waals surface area contributed by atoms with Crippen molar-refractivity contribution in [1.82, 2.24) is 10.2 Å². The topological polar surface area (TPSA) is 171 Å². The zero-order valence-electron chi connectivity index (χ0n) is 17.9. The molecule has 1 fully saturated rings. The second kappa shape index (κ2) is 9.35. The molecule has 0 unspecified atom stereocenters. The summed E-state index contributed by atoms with van der Waals surface area (Å²) < 4.78 is 20.1. The van der Waals surface area contributed by atoms with Crippen molar-refractivity contribution < 1.29 is 42.4 Å². The first kappa shape index (κ1) is 23.0. The van der Waals surface area contributed by atoms with E-state index in [2.05, 4.69) is 10.1 Å². The Bertz CT molecular complexity index is 1370. The number of esters is 2. The van der Waals surface area contributed by atoms with Gasteiger partial charge >= 0.3 is 18.0 Å². The maximum Gasteiger partial charge on any atom is 0.379 e. The van der Waals surface area contributed by atoms with Gasteiger partial charge in [-0.25, -0.2) is 14.4 Å².